The van der Waals surface area contributed by atoms with Gasteiger partial charge in [-0.2, -0.15) is 0 Å². The summed E-state index contributed by atoms with van der Waals surface area (Å²) in [5, 5.41) is 2.85. The third kappa shape index (κ3) is 3.89. The molecule has 7 heteroatoms. The van der Waals surface area contributed by atoms with Gasteiger partial charge in [0.05, 0.1) is 24.1 Å². The highest BCUT2D eigenvalue weighted by molar-refractivity contribution is 6.05. The Balaban J connectivity index is 1.59. The van der Waals surface area contributed by atoms with Gasteiger partial charge in [-0.15, -0.1) is 0 Å². The number of rotatable bonds is 4. The number of hydrogen-bond donors (Lipinski definition) is 1. The zero-order valence-electron chi connectivity index (χ0n) is 16.6. The Morgan fingerprint density at radius 1 is 1.24 bits per heavy atom. The Labute approximate surface area is 168 Å². The van der Waals surface area contributed by atoms with Crippen LogP contribution in [0.4, 0.5) is 5.69 Å². The van der Waals surface area contributed by atoms with Gasteiger partial charge in [-0.25, -0.2) is 0 Å². The van der Waals surface area contributed by atoms with Crippen LogP contribution in [-0.2, 0) is 13.0 Å². The zero-order chi connectivity index (χ0) is 20.5. The average Bonchev–Trinajstić information content (AvgIpc) is 3.05. The molecule has 0 spiro atoms. The summed E-state index contributed by atoms with van der Waals surface area (Å²) in [6.45, 7) is 5.86. The minimum atomic E-state index is -0.427. The second-order valence-corrected chi connectivity index (χ2v) is 7.37. The standard InChI is InChI=1S/C22H22N4O3/c1-13-6-7-26(12-18-11-23-14(2)10-24-18)22(28)20(13)21(27)25-17-4-5-19-16(9-17)8-15(3)29-19/h4-7,9-11,15H,8,12H2,1-3H3,(H,25,27). The lowest BCUT2D eigenvalue weighted by Crippen LogP contribution is -2.30. The molecule has 0 saturated carbocycles. The van der Waals surface area contributed by atoms with E-state index >= 15 is 0 Å². The number of anilines is 1. The fraction of sp³-hybridized carbons (Fsp3) is 0.273. The summed E-state index contributed by atoms with van der Waals surface area (Å²) in [5.41, 5.74) is 3.54. The third-order valence-electron chi connectivity index (χ3n) is 4.92. The van der Waals surface area contributed by atoms with Gasteiger partial charge in [0.2, 0.25) is 0 Å². The van der Waals surface area contributed by atoms with E-state index in [0.29, 0.717) is 16.9 Å². The molecule has 3 heterocycles. The molecule has 0 bridgehead atoms. The van der Waals surface area contributed by atoms with Crippen molar-refractivity contribution < 1.29 is 9.53 Å². The summed E-state index contributed by atoms with van der Waals surface area (Å²) < 4.78 is 7.16. The number of nitrogens with zero attached hydrogens (tertiary/aromatic N) is 3. The van der Waals surface area contributed by atoms with Crippen molar-refractivity contribution in [2.75, 3.05) is 5.32 Å². The van der Waals surface area contributed by atoms with Crippen LogP contribution >= 0.6 is 0 Å². The highest BCUT2D eigenvalue weighted by Gasteiger charge is 2.21. The van der Waals surface area contributed by atoms with E-state index in [9.17, 15) is 9.59 Å². The Kier molecular flexibility index (Phi) is 4.88. The van der Waals surface area contributed by atoms with Gasteiger partial charge in [0.15, 0.2) is 0 Å². The number of benzene rings is 1. The number of pyridine rings is 1. The quantitative estimate of drug-likeness (QED) is 0.740. The molecule has 1 unspecified atom stereocenters. The molecule has 0 radical (unpaired) electrons. The van der Waals surface area contributed by atoms with Crippen molar-refractivity contribution >= 4 is 11.6 Å². The van der Waals surface area contributed by atoms with Gasteiger partial charge in [0.1, 0.15) is 17.4 Å². The van der Waals surface area contributed by atoms with E-state index in [0.717, 1.165) is 23.4 Å². The van der Waals surface area contributed by atoms with Gasteiger partial charge in [-0.05, 0) is 56.2 Å². The van der Waals surface area contributed by atoms with Crippen molar-refractivity contribution in [2.24, 2.45) is 0 Å². The molecule has 1 aliphatic rings. The first-order chi connectivity index (χ1) is 13.9. The molecule has 1 atom stereocenters. The maximum atomic E-state index is 13.0. The first kappa shape index (κ1) is 18.9. The number of carbonyl (C=O) groups is 1. The van der Waals surface area contributed by atoms with Crippen LogP contribution < -0.4 is 15.6 Å². The van der Waals surface area contributed by atoms with Gasteiger partial charge in [-0.1, -0.05) is 0 Å². The summed E-state index contributed by atoms with van der Waals surface area (Å²) in [6, 6.07) is 7.29. The van der Waals surface area contributed by atoms with Crippen molar-refractivity contribution in [3.05, 3.63) is 81.3 Å². The average molecular weight is 390 g/mol. The molecule has 0 saturated heterocycles. The fourth-order valence-electron chi connectivity index (χ4n) is 3.43. The predicted octanol–water partition coefficient (Wildman–Crippen LogP) is 2.88. The van der Waals surface area contributed by atoms with E-state index in [1.165, 1.54) is 4.57 Å². The summed E-state index contributed by atoms with van der Waals surface area (Å²) >= 11 is 0. The Morgan fingerprint density at radius 3 is 2.83 bits per heavy atom. The lowest BCUT2D eigenvalue weighted by Gasteiger charge is -2.11. The first-order valence-electron chi connectivity index (χ1n) is 9.49. The number of nitrogens with one attached hydrogen (secondary N) is 1. The maximum Gasteiger partial charge on any atom is 0.264 e. The van der Waals surface area contributed by atoms with Crippen LogP contribution in [0.5, 0.6) is 5.75 Å². The second kappa shape index (κ2) is 7.50. The van der Waals surface area contributed by atoms with E-state index in [1.54, 1.807) is 37.6 Å². The normalized spacial score (nSPS) is 14.9. The van der Waals surface area contributed by atoms with E-state index in [1.807, 2.05) is 26.0 Å². The smallest absolute Gasteiger partial charge is 0.264 e. The number of aromatic nitrogens is 3. The van der Waals surface area contributed by atoms with Crippen molar-refractivity contribution in [1.82, 2.24) is 14.5 Å². The third-order valence-corrected chi connectivity index (χ3v) is 4.92. The van der Waals surface area contributed by atoms with Crippen LogP contribution in [-0.4, -0.2) is 26.5 Å². The Bertz CT molecular complexity index is 1140. The van der Waals surface area contributed by atoms with Crippen molar-refractivity contribution in [2.45, 2.75) is 39.8 Å². The van der Waals surface area contributed by atoms with Gasteiger partial charge >= 0.3 is 0 Å². The van der Waals surface area contributed by atoms with Crippen LogP contribution in [0, 0.1) is 13.8 Å². The molecule has 1 N–H and O–H groups in total. The molecular weight excluding hydrogens is 368 g/mol. The summed E-state index contributed by atoms with van der Waals surface area (Å²) in [6.07, 6.45) is 5.89. The fourth-order valence-corrected chi connectivity index (χ4v) is 3.43. The zero-order valence-corrected chi connectivity index (χ0v) is 16.6. The largest absolute Gasteiger partial charge is 0.490 e. The topological polar surface area (TPSA) is 86.1 Å². The molecular formula is C22H22N4O3. The van der Waals surface area contributed by atoms with Crippen LogP contribution in [0.1, 0.15) is 39.8 Å². The SMILES string of the molecule is Cc1cnc(Cn2ccc(C)c(C(=O)Nc3ccc4c(c3)CC(C)O4)c2=O)cn1. The maximum absolute atomic E-state index is 13.0. The molecule has 7 nitrogen and oxygen atoms in total. The summed E-state index contributed by atoms with van der Waals surface area (Å²) in [7, 11) is 0. The highest BCUT2D eigenvalue weighted by atomic mass is 16.5. The van der Waals surface area contributed by atoms with E-state index < -0.39 is 5.91 Å². The van der Waals surface area contributed by atoms with Gasteiger partial charge in [0, 0.05) is 24.5 Å². The molecule has 0 fully saturated rings. The molecule has 29 heavy (non-hydrogen) atoms. The van der Waals surface area contributed by atoms with Crippen LogP contribution in [0.3, 0.4) is 0 Å². The molecule has 1 aromatic carbocycles. The molecule has 0 aliphatic carbocycles. The van der Waals surface area contributed by atoms with E-state index in [2.05, 4.69) is 15.3 Å². The number of ether oxygens (including phenoxy) is 1. The highest BCUT2D eigenvalue weighted by Crippen LogP contribution is 2.31. The molecule has 2 aromatic heterocycles. The number of amides is 1. The molecule has 1 aliphatic heterocycles. The van der Waals surface area contributed by atoms with Gasteiger partial charge < -0.3 is 14.6 Å². The second-order valence-electron chi connectivity index (χ2n) is 7.37. The van der Waals surface area contributed by atoms with Crippen LogP contribution in [0.15, 0.2) is 47.7 Å². The predicted molar refractivity (Wildman–Crippen MR) is 109 cm³/mol. The number of fused-ring (bicyclic) bond motifs is 1. The molecule has 1 amide bonds. The van der Waals surface area contributed by atoms with Crippen molar-refractivity contribution in [3.63, 3.8) is 0 Å². The van der Waals surface area contributed by atoms with Crippen molar-refractivity contribution in [3.8, 4) is 5.75 Å². The number of hydrogen-bond acceptors (Lipinski definition) is 5. The monoisotopic (exact) mass is 390 g/mol. The summed E-state index contributed by atoms with van der Waals surface area (Å²) in [5.74, 6) is 0.414. The summed E-state index contributed by atoms with van der Waals surface area (Å²) in [4.78, 5) is 34.3. The molecule has 3 aromatic rings. The van der Waals surface area contributed by atoms with E-state index in [-0.39, 0.29) is 23.8 Å². The van der Waals surface area contributed by atoms with Crippen LogP contribution in [0.2, 0.25) is 0 Å². The van der Waals surface area contributed by atoms with Gasteiger partial charge in [-0.3, -0.25) is 19.6 Å². The lowest BCUT2D eigenvalue weighted by atomic mass is 10.1. The minimum Gasteiger partial charge on any atom is -0.490 e. The lowest BCUT2D eigenvalue weighted by molar-refractivity contribution is 0.102. The first-order valence-corrected chi connectivity index (χ1v) is 9.49. The minimum absolute atomic E-state index is 0.123. The Hall–Kier alpha value is -3.48. The van der Waals surface area contributed by atoms with E-state index in [4.69, 9.17) is 4.74 Å². The molecule has 4 rings (SSSR count). The van der Waals surface area contributed by atoms with Crippen LogP contribution in [0.25, 0.3) is 0 Å². The van der Waals surface area contributed by atoms with Crippen molar-refractivity contribution in [1.29, 1.82) is 0 Å². The van der Waals surface area contributed by atoms with Gasteiger partial charge in [0.25, 0.3) is 11.5 Å². The Morgan fingerprint density at radius 2 is 2.07 bits per heavy atom. The number of aryl methyl sites for hydroxylation is 2. The molecule has 148 valence electrons. The number of carbonyl (C=O) groups excluding carboxylic acids is 1.